The first-order chi connectivity index (χ1) is 11.4. The monoisotopic (exact) mass is 341 g/mol. The lowest BCUT2D eigenvalue weighted by molar-refractivity contribution is 0.235. The molecule has 126 valence electrons. The number of aryl methyl sites for hydroxylation is 1. The van der Waals surface area contributed by atoms with Crippen LogP contribution in [0.25, 0.3) is 0 Å². The maximum absolute atomic E-state index is 13.0. The third-order valence-corrected chi connectivity index (χ3v) is 5.66. The zero-order valence-corrected chi connectivity index (χ0v) is 15.4. The second-order valence-electron chi connectivity index (χ2n) is 7.21. The summed E-state index contributed by atoms with van der Waals surface area (Å²) in [6, 6.07) is 15.6. The fourth-order valence-electron chi connectivity index (χ4n) is 2.56. The maximum Gasteiger partial charge on any atom is 0.217 e. The van der Waals surface area contributed by atoms with Gasteiger partial charge in [-0.25, -0.2) is 9.20 Å². The van der Waals surface area contributed by atoms with Crippen LogP contribution in [0.2, 0.25) is 0 Å². The first kappa shape index (κ1) is 16.9. The summed E-state index contributed by atoms with van der Waals surface area (Å²) in [5, 5.41) is 0. The highest BCUT2D eigenvalue weighted by Gasteiger charge is 2.31. The van der Waals surface area contributed by atoms with Crippen LogP contribution in [0.15, 0.2) is 63.3 Å². The van der Waals surface area contributed by atoms with Crippen molar-refractivity contribution in [2.24, 2.45) is 10.4 Å². The normalized spacial score (nSPS) is 18.8. The Morgan fingerprint density at radius 2 is 1.75 bits per heavy atom. The SMILES string of the molecule is Cc1ccc([S@](=O)c2ccccc2C2=N[C@H](C(C)(C)C)CO2)cc1. The van der Waals surface area contributed by atoms with E-state index in [1.54, 1.807) is 0 Å². The summed E-state index contributed by atoms with van der Waals surface area (Å²) in [5.74, 6) is 0.603. The van der Waals surface area contributed by atoms with E-state index < -0.39 is 10.8 Å². The van der Waals surface area contributed by atoms with Crippen LogP contribution in [0.3, 0.4) is 0 Å². The second-order valence-corrected chi connectivity index (χ2v) is 8.65. The molecule has 0 aliphatic carbocycles. The highest BCUT2D eigenvalue weighted by molar-refractivity contribution is 7.85. The summed E-state index contributed by atoms with van der Waals surface area (Å²) < 4.78 is 18.9. The summed E-state index contributed by atoms with van der Waals surface area (Å²) in [7, 11) is -1.26. The van der Waals surface area contributed by atoms with Crippen LogP contribution >= 0.6 is 0 Å². The fourth-order valence-corrected chi connectivity index (χ4v) is 3.75. The molecule has 1 heterocycles. The quantitative estimate of drug-likeness (QED) is 0.832. The largest absolute Gasteiger partial charge is 0.475 e. The van der Waals surface area contributed by atoms with E-state index in [-0.39, 0.29) is 11.5 Å². The third kappa shape index (κ3) is 3.44. The average molecular weight is 341 g/mol. The summed E-state index contributed by atoms with van der Waals surface area (Å²) >= 11 is 0. The van der Waals surface area contributed by atoms with Crippen molar-refractivity contribution in [3.63, 3.8) is 0 Å². The van der Waals surface area contributed by atoms with Crippen molar-refractivity contribution in [3.05, 3.63) is 59.7 Å². The Kier molecular flexibility index (Phi) is 4.59. The molecule has 0 fully saturated rings. The molecule has 2 atom stereocenters. The molecule has 0 radical (unpaired) electrons. The minimum atomic E-state index is -1.26. The van der Waals surface area contributed by atoms with Crippen molar-refractivity contribution >= 4 is 16.7 Å². The molecule has 1 aliphatic heterocycles. The number of aliphatic imine (C=N–C) groups is 1. The van der Waals surface area contributed by atoms with Gasteiger partial charge in [0.2, 0.25) is 5.90 Å². The molecule has 0 bridgehead atoms. The number of hydrogen-bond acceptors (Lipinski definition) is 3. The van der Waals surface area contributed by atoms with Crippen molar-refractivity contribution in [1.29, 1.82) is 0 Å². The van der Waals surface area contributed by atoms with Crippen molar-refractivity contribution in [2.75, 3.05) is 6.61 Å². The molecule has 0 spiro atoms. The molecule has 0 saturated carbocycles. The van der Waals surface area contributed by atoms with Gasteiger partial charge in [-0.1, -0.05) is 50.6 Å². The Labute approximate surface area is 146 Å². The van der Waals surface area contributed by atoms with Gasteiger partial charge in [0, 0.05) is 4.90 Å². The molecule has 0 aromatic heterocycles. The zero-order chi connectivity index (χ0) is 17.3. The van der Waals surface area contributed by atoms with Crippen molar-refractivity contribution < 1.29 is 8.95 Å². The van der Waals surface area contributed by atoms with Crippen molar-refractivity contribution in [3.8, 4) is 0 Å². The first-order valence-corrected chi connectivity index (χ1v) is 9.29. The van der Waals surface area contributed by atoms with E-state index in [0.717, 1.165) is 20.9 Å². The van der Waals surface area contributed by atoms with Gasteiger partial charge in [-0.05, 0) is 36.6 Å². The van der Waals surface area contributed by atoms with Gasteiger partial charge in [-0.15, -0.1) is 0 Å². The molecule has 0 amide bonds. The van der Waals surface area contributed by atoms with E-state index in [4.69, 9.17) is 9.73 Å². The van der Waals surface area contributed by atoms with Gasteiger partial charge in [-0.3, -0.25) is 0 Å². The number of nitrogens with zero attached hydrogens (tertiary/aromatic N) is 1. The van der Waals surface area contributed by atoms with Gasteiger partial charge in [0.05, 0.1) is 27.3 Å². The number of hydrogen-bond donors (Lipinski definition) is 0. The van der Waals surface area contributed by atoms with E-state index in [1.165, 1.54) is 0 Å². The van der Waals surface area contributed by atoms with Gasteiger partial charge in [0.15, 0.2) is 0 Å². The molecule has 2 aromatic carbocycles. The van der Waals surface area contributed by atoms with E-state index in [2.05, 4.69) is 20.8 Å². The molecule has 1 aliphatic rings. The molecular weight excluding hydrogens is 318 g/mol. The smallest absolute Gasteiger partial charge is 0.217 e. The fraction of sp³-hybridized carbons (Fsp3) is 0.350. The summed E-state index contributed by atoms with van der Waals surface area (Å²) in [6.45, 7) is 9.07. The predicted octanol–water partition coefficient (Wildman–Crippen LogP) is 4.35. The van der Waals surface area contributed by atoms with Crippen LogP contribution in [-0.4, -0.2) is 22.8 Å². The average Bonchev–Trinajstić information content (AvgIpc) is 3.05. The van der Waals surface area contributed by atoms with Crippen LogP contribution in [0, 0.1) is 12.3 Å². The van der Waals surface area contributed by atoms with Crippen LogP contribution in [-0.2, 0) is 15.5 Å². The minimum absolute atomic E-state index is 0.0484. The first-order valence-electron chi connectivity index (χ1n) is 8.15. The van der Waals surface area contributed by atoms with Crippen LogP contribution in [0.1, 0.15) is 31.9 Å². The van der Waals surface area contributed by atoms with Gasteiger partial charge in [0.1, 0.15) is 6.61 Å². The Bertz CT molecular complexity index is 788. The van der Waals surface area contributed by atoms with E-state index in [9.17, 15) is 4.21 Å². The lowest BCUT2D eigenvalue weighted by Crippen LogP contribution is -2.25. The van der Waals surface area contributed by atoms with Gasteiger partial charge < -0.3 is 4.74 Å². The van der Waals surface area contributed by atoms with Gasteiger partial charge in [0.25, 0.3) is 0 Å². The molecule has 2 aromatic rings. The van der Waals surface area contributed by atoms with Gasteiger partial charge in [-0.2, -0.15) is 0 Å². The lowest BCUT2D eigenvalue weighted by Gasteiger charge is -2.21. The van der Waals surface area contributed by atoms with E-state index in [1.807, 2.05) is 55.5 Å². The summed E-state index contributed by atoms with van der Waals surface area (Å²) in [5.41, 5.74) is 2.02. The lowest BCUT2D eigenvalue weighted by atomic mass is 9.88. The molecule has 0 unspecified atom stereocenters. The Morgan fingerprint density at radius 3 is 2.38 bits per heavy atom. The van der Waals surface area contributed by atoms with Crippen LogP contribution in [0.5, 0.6) is 0 Å². The molecular formula is C20H23NO2S. The predicted molar refractivity (Wildman–Crippen MR) is 98.0 cm³/mol. The maximum atomic E-state index is 13.0. The Morgan fingerprint density at radius 1 is 1.08 bits per heavy atom. The standard InChI is InChI=1S/C20H23NO2S/c1-14-9-11-15(12-10-14)24(22)17-8-6-5-7-16(17)19-21-18(13-23-19)20(2,3)4/h5-12,18H,13H2,1-4H3/t18-,24-/m0/s1. The van der Waals surface area contributed by atoms with Crippen LogP contribution in [0.4, 0.5) is 0 Å². The highest BCUT2D eigenvalue weighted by Crippen LogP contribution is 2.29. The summed E-state index contributed by atoms with van der Waals surface area (Å²) in [4.78, 5) is 6.28. The summed E-state index contributed by atoms with van der Waals surface area (Å²) in [6.07, 6.45) is 0. The Balaban J connectivity index is 1.97. The minimum Gasteiger partial charge on any atom is -0.475 e. The molecule has 3 rings (SSSR count). The second kappa shape index (κ2) is 6.52. The van der Waals surface area contributed by atoms with Crippen molar-refractivity contribution in [2.45, 2.75) is 43.5 Å². The molecule has 0 N–H and O–H groups in total. The molecule has 0 saturated heterocycles. The number of rotatable bonds is 3. The molecule has 24 heavy (non-hydrogen) atoms. The number of ether oxygens (including phenoxy) is 1. The van der Waals surface area contributed by atoms with Crippen molar-refractivity contribution in [1.82, 2.24) is 0 Å². The van der Waals surface area contributed by atoms with Gasteiger partial charge >= 0.3 is 0 Å². The third-order valence-electron chi connectivity index (χ3n) is 4.20. The molecule has 3 nitrogen and oxygen atoms in total. The van der Waals surface area contributed by atoms with E-state index in [0.29, 0.717) is 12.5 Å². The molecule has 4 heteroatoms. The Hall–Kier alpha value is -1.94. The van der Waals surface area contributed by atoms with Crippen LogP contribution < -0.4 is 0 Å². The van der Waals surface area contributed by atoms with E-state index >= 15 is 0 Å². The highest BCUT2D eigenvalue weighted by atomic mass is 32.2. The zero-order valence-electron chi connectivity index (χ0n) is 14.6. The topological polar surface area (TPSA) is 38.7 Å². The number of benzene rings is 2.